The van der Waals surface area contributed by atoms with Crippen molar-refractivity contribution in [2.45, 2.75) is 63.4 Å². The van der Waals surface area contributed by atoms with Crippen molar-refractivity contribution in [1.29, 1.82) is 0 Å². The molecule has 0 saturated heterocycles. The van der Waals surface area contributed by atoms with E-state index < -0.39 is 5.25 Å². The van der Waals surface area contributed by atoms with Crippen LogP contribution in [0.2, 0.25) is 0 Å². The smallest absolute Gasteiger partial charge is 0.263 e. The number of aryl methyl sites for hydroxylation is 3. The first-order valence-corrected chi connectivity index (χ1v) is 11.1. The summed E-state index contributed by atoms with van der Waals surface area (Å²) < 4.78 is 6.77. The fourth-order valence-corrected chi connectivity index (χ4v) is 5.66. The molecular weight excluding hydrogens is 396 g/mol. The summed E-state index contributed by atoms with van der Waals surface area (Å²) >= 11 is 2.92. The van der Waals surface area contributed by atoms with E-state index >= 15 is 0 Å². The summed E-state index contributed by atoms with van der Waals surface area (Å²) in [6.07, 6.45) is 3.92. The van der Waals surface area contributed by atoms with E-state index in [4.69, 9.17) is 9.51 Å². The fourth-order valence-electron chi connectivity index (χ4n) is 3.43. The SMILES string of the molecule is CCCn1c(SC(C)C(=O)Nc2cc(C)no2)nc2sc3c(c2c1=O)CCC3. The van der Waals surface area contributed by atoms with Crippen molar-refractivity contribution in [2.24, 2.45) is 0 Å². The molecule has 4 rings (SSSR count). The predicted molar refractivity (Wildman–Crippen MR) is 111 cm³/mol. The van der Waals surface area contributed by atoms with E-state index in [-0.39, 0.29) is 11.5 Å². The summed E-state index contributed by atoms with van der Waals surface area (Å²) in [7, 11) is 0. The normalized spacial score (nSPS) is 14.4. The average molecular weight is 419 g/mol. The molecule has 3 heterocycles. The maximum absolute atomic E-state index is 13.2. The Labute approximate surface area is 170 Å². The second kappa shape index (κ2) is 7.71. The molecule has 28 heavy (non-hydrogen) atoms. The third-order valence-corrected chi connectivity index (χ3v) is 7.04. The van der Waals surface area contributed by atoms with Crippen molar-refractivity contribution < 1.29 is 9.32 Å². The summed E-state index contributed by atoms with van der Waals surface area (Å²) in [5.41, 5.74) is 1.91. The molecule has 1 aliphatic carbocycles. The molecule has 0 saturated carbocycles. The summed E-state index contributed by atoms with van der Waals surface area (Å²) in [4.78, 5) is 32.6. The zero-order chi connectivity index (χ0) is 19.8. The lowest BCUT2D eigenvalue weighted by atomic mass is 10.2. The minimum atomic E-state index is -0.440. The summed E-state index contributed by atoms with van der Waals surface area (Å²) in [5.74, 6) is 0.103. The first-order valence-electron chi connectivity index (χ1n) is 9.43. The van der Waals surface area contributed by atoms with Crippen LogP contribution >= 0.6 is 23.1 Å². The molecule has 3 aromatic rings. The molecule has 9 heteroatoms. The van der Waals surface area contributed by atoms with E-state index in [2.05, 4.69) is 10.5 Å². The number of thioether (sulfide) groups is 1. The third kappa shape index (κ3) is 3.48. The highest BCUT2D eigenvalue weighted by Gasteiger charge is 2.25. The fraction of sp³-hybridized carbons (Fsp3) is 0.474. The van der Waals surface area contributed by atoms with Crippen molar-refractivity contribution in [2.75, 3.05) is 5.32 Å². The molecule has 0 fully saturated rings. The lowest BCUT2D eigenvalue weighted by molar-refractivity contribution is -0.115. The Morgan fingerprint density at radius 2 is 2.29 bits per heavy atom. The minimum absolute atomic E-state index is 0.0206. The Morgan fingerprint density at radius 3 is 3.00 bits per heavy atom. The van der Waals surface area contributed by atoms with Crippen LogP contribution in [0.5, 0.6) is 0 Å². The highest BCUT2D eigenvalue weighted by molar-refractivity contribution is 8.00. The average Bonchev–Trinajstić information content (AvgIpc) is 3.34. The number of carbonyl (C=O) groups is 1. The van der Waals surface area contributed by atoms with E-state index in [9.17, 15) is 9.59 Å². The van der Waals surface area contributed by atoms with Gasteiger partial charge in [0.25, 0.3) is 5.56 Å². The number of amides is 1. The zero-order valence-electron chi connectivity index (χ0n) is 16.1. The van der Waals surface area contributed by atoms with E-state index in [0.717, 1.165) is 35.9 Å². The Kier molecular flexibility index (Phi) is 5.29. The Morgan fingerprint density at radius 1 is 1.46 bits per heavy atom. The summed E-state index contributed by atoms with van der Waals surface area (Å²) in [6, 6.07) is 1.67. The van der Waals surface area contributed by atoms with Crippen molar-refractivity contribution >= 4 is 45.1 Å². The third-order valence-electron chi connectivity index (χ3n) is 4.76. The maximum Gasteiger partial charge on any atom is 0.263 e. The van der Waals surface area contributed by atoms with Gasteiger partial charge in [-0.1, -0.05) is 23.8 Å². The predicted octanol–water partition coefficient (Wildman–Crippen LogP) is 3.77. The van der Waals surface area contributed by atoms with Crippen LogP contribution in [0.15, 0.2) is 20.5 Å². The molecule has 0 spiro atoms. The number of carbonyl (C=O) groups excluding carboxylic acids is 1. The number of anilines is 1. The van der Waals surface area contributed by atoms with Crippen LogP contribution in [-0.2, 0) is 24.2 Å². The minimum Gasteiger partial charge on any atom is -0.338 e. The zero-order valence-corrected chi connectivity index (χ0v) is 17.7. The van der Waals surface area contributed by atoms with Crippen molar-refractivity contribution in [3.05, 3.63) is 32.6 Å². The van der Waals surface area contributed by atoms with Crippen molar-refractivity contribution in [3.63, 3.8) is 0 Å². The van der Waals surface area contributed by atoms with Crippen molar-refractivity contribution in [3.8, 4) is 0 Å². The van der Waals surface area contributed by atoms with Crippen LogP contribution in [0.1, 0.15) is 42.8 Å². The number of rotatable bonds is 6. The number of hydrogen-bond donors (Lipinski definition) is 1. The molecule has 1 N–H and O–H groups in total. The highest BCUT2D eigenvalue weighted by Crippen LogP contribution is 2.36. The van der Waals surface area contributed by atoms with Gasteiger partial charge < -0.3 is 4.52 Å². The highest BCUT2D eigenvalue weighted by atomic mass is 32.2. The van der Waals surface area contributed by atoms with E-state index in [1.165, 1.54) is 22.2 Å². The molecular formula is C19H22N4O3S2. The molecule has 0 aliphatic heterocycles. The van der Waals surface area contributed by atoms with Crippen LogP contribution in [0, 0.1) is 6.92 Å². The monoisotopic (exact) mass is 418 g/mol. The number of nitrogens with zero attached hydrogens (tertiary/aromatic N) is 3. The van der Waals surface area contributed by atoms with Gasteiger partial charge in [-0.05, 0) is 45.1 Å². The van der Waals surface area contributed by atoms with Gasteiger partial charge in [0.15, 0.2) is 5.16 Å². The van der Waals surface area contributed by atoms with Crippen LogP contribution in [0.3, 0.4) is 0 Å². The molecule has 3 aromatic heterocycles. The molecule has 0 aromatic carbocycles. The maximum atomic E-state index is 13.2. The largest absolute Gasteiger partial charge is 0.338 e. The first-order chi connectivity index (χ1) is 13.5. The Balaban J connectivity index is 1.64. The van der Waals surface area contributed by atoms with E-state index in [1.807, 2.05) is 6.92 Å². The number of thiophene rings is 1. The van der Waals surface area contributed by atoms with Crippen LogP contribution < -0.4 is 10.9 Å². The summed E-state index contributed by atoms with van der Waals surface area (Å²) in [6.45, 7) is 6.21. The molecule has 0 bridgehead atoms. The van der Waals surface area contributed by atoms with E-state index in [0.29, 0.717) is 23.3 Å². The summed E-state index contributed by atoms with van der Waals surface area (Å²) in [5, 5.41) is 7.42. The van der Waals surface area contributed by atoms with Gasteiger partial charge in [0.1, 0.15) is 4.83 Å². The standard InChI is InChI=1S/C19H22N4O3S2/c1-4-8-23-18(25)15-12-6-5-7-13(12)28-17(15)21-19(23)27-11(3)16(24)20-14-9-10(2)22-26-14/h9,11H,4-8H2,1-3H3,(H,20,24). The molecule has 1 unspecified atom stereocenters. The molecule has 7 nitrogen and oxygen atoms in total. The number of fused-ring (bicyclic) bond motifs is 3. The lowest BCUT2D eigenvalue weighted by Crippen LogP contribution is -2.27. The van der Waals surface area contributed by atoms with Crippen LogP contribution in [0.4, 0.5) is 5.88 Å². The lowest BCUT2D eigenvalue weighted by Gasteiger charge is -2.14. The van der Waals surface area contributed by atoms with E-state index in [1.54, 1.807) is 35.8 Å². The van der Waals surface area contributed by atoms with Gasteiger partial charge in [-0.2, -0.15) is 0 Å². The van der Waals surface area contributed by atoms with Gasteiger partial charge >= 0.3 is 0 Å². The van der Waals surface area contributed by atoms with Gasteiger partial charge in [-0.25, -0.2) is 4.98 Å². The first kappa shape index (κ1) is 19.2. The Bertz CT molecular complexity index is 1100. The van der Waals surface area contributed by atoms with Gasteiger partial charge in [-0.3, -0.25) is 19.5 Å². The molecule has 148 valence electrons. The second-order valence-electron chi connectivity index (χ2n) is 6.97. The number of nitrogens with one attached hydrogen (secondary N) is 1. The molecule has 1 amide bonds. The molecule has 1 aliphatic rings. The second-order valence-corrected chi connectivity index (χ2v) is 9.36. The van der Waals surface area contributed by atoms with Crippen LogP contribution in [0.25, 0.3) is 10.2 Å². The number of aromatic nitrogens is 3. The molecule has 1 atom stereocenters. The number of hydrogen-bond acceptors (Lipinski definition) is 7. The van der Waals surface area contributed by atoms with Gasteiger partial charge in [0.2, 0.25) is 11.8 Å². The van der Waals surface area contributed by atoms with Gasteiger partial charge in [-0.15, -0.1) is 11.3 Å². The van der Waals surface area contributed by atoms with Crippen molar-refractivity contribution in [1.82, 2.24) is 14.7 Å². The Hall–Kier alpha value is -2.13. The molecule has 0 radical (unpaired) electrons. The van der Waals surface area contributed by atoms with Gasteiger partial charge in [0.05, 0.1) is 16.3 Å². The quantitative estimate of drug-likeness (QED) is 0.484. The van der Waals surface area contributed by atoms with Crippen LogP contribution in [-0.4, -0.2) is 25.9 Å². The topological polar surface area (TPSA) is 90.0 Å². The van der Waals surface area contributed by atoms with Gasteiger partial charge in [0, 0.05) is 17.5 Å².